The predicted molar refractivity (Wildman–Crippen MR) is 94.7 cm³/mol. The van der Waals surface area contributed by atoms with Crippen LogP contribution in [0.25, 0.3) is 5.57 Å². The lowest BCUT2D eigenvalue weighted by molar-refractivity contribution is -0.116. The van der Waals surface area contributed by atoms with Crippen LogP contribution in [0.2, 0.25) is 0 Å². The lowest BCUT2D eigenvalue weighted by Crippen LogP contribution is -2.37. The minimum absolute atomic E-state index is 0.0355. The summed E-state index contributed by atoms with van der Waals surface area (Å²) in [7, 11) is -3.69. The van der Waals surface area contributed by atoms with Crippen molar-refractivity contribution in [1.29, 1.82) is 5.26 Å². The van der Waals surface area contributed by atoms with E-state index in [0.29, 0.717) is 0 Å². The number of hydrogen-bond donors (Lipinski definition) is 0. The van der Waals surface area contributed by atoms with Crippen molar-refractivity contribution in [1.82, 2.24) is 0 Å². The zero-order chi connectivity index (χ0) is 17.6. The molecule has 124 valence electrons. The molecule has 0 heterocycles. The van der Waals surface area contributed by atoms with Gasteiger partial charge in [-0.3, -0.25) is 4.79 Å². The lowest BCUT2D eigenvalue weighted by Gasteiger charge is -2.24. The molecule has 0 aliphatic heterocycles. The molecule has 0 amide bonds. The fourth-order valence-electron chi connectivity index (χ4n) is 2.44. The Labute approximate surface area is 142 Å². The number of allylic oxidation sites excluding steroid dienone is 4. The summed E-state index contributed by atoms with van der Waals surface area (Å²) in [5.74, 6) is -0.293. The number of carbonyl (C=O) groups excluding carboxylic acids is 1. The lowest BCUT2D eigenvalue weighted by atomic mass is 9.93. The third-order valence-corrected chi connectivity index (χ3v) is 6.03. The van der Waals surface area contributed by atoms with Gasteiger partial charge in [0.05, 0.1) is 11.8 Å². The minimum Gasteiger partial charge on any atom is -0.300 e. The van der Waals surface area contributed by atoms with E-state index in [2.05, 4.69) is 0 Å². The zero-order valence-corrected chi connectivity index (χ0v) is 14.3. The highest BCUT2D eigenvalue weighted by atomic mass is 32.2. The van der Waals surface area contributed by atoms with Gasteiger partial charge in [0.15, 0.2) is 14.6 Å². The van der Waals surface area contributed by atoms with Gasteiger partial charge >= 0.3 is 0 Å². The molecule has 1 aromatic rings. The normalized spacial score (nSPS) is 20.6. The van der Waals surface area contributed by atoms with Crippen molar-refractivity contribution in [3.8, 4) is 6.07 Å². The number of rotatable bonds is 6. The Morgan fingerprint density at radius 3 is 2.54 bits per heavy atom. The van der Waals surface area contributed by atoms with E-state index in [-0.39, 0.29) is 24.4 Å². The van der Waals surface area contributed by atoms with Crippen molar-refractivity contribution in [2.75, 3.05) is 5.75 Å². The van der Waals surface area contributed by atoms with Crippen LogP contribution in [-0.4, -0.2) is 24.7 Å². The Morgan fingerprint density at radius 2 is 2.00 bits per heavy atom. The highest BCUT2D eigenvalue weighted by Gasteiger charge is 2.41. The number of hydrogen-bond acceptors (Lipinski definition) is 4. The summed E-state index contributed by atoms with van der Waals surface area (Å²) in [5.41, 5.74) is 1.89. The van der Waals surface area contributed by atoms with E-state index < -0.39 is 14.6 Å². The maximum Gasteiger partial charge on any atom is 0.180 e. The van der Waals surface area contributed by atoms with Gasteiger partial charge in [-0.2, -0.15) is 5.26 Å². The zero-order valence-electron chi connectivity index (χ0n) is 13.5. The van der Waals surface area contributed by atoms with E-state index in [0.717, 1.165) is 11.1 Å². The summed E-state index contributed by atoms with van der Waals surface area (Å²) in [5, 5.41) is 9.49. The van der Waals surface area contributed by atoms with Gasteiger partial charge in [-0.25, -0.2) is 8.42 Å². The predicted octanol–water partition coefficient (Wildman–Crippen LogP) is 3.24. The Hall–Kier alpha value is -2.45. The van der Waals surface area contributed by atoms with Gasteiger partial charge in [0, 0.05) is 12.8 Å². The topological polar surface area (TPSA) is 75.0 Å². The molecular weight excluding hydrogens is 322 g/mol. The summed E-state index contributed by atoms with van der Waals surface area (Å²) in [4.78, 5) is 10.9. The van der Waals surface area contributed by atoms with Crippen molar-refractivity contribution in [2.45, 2.75) is 24.5 Å². The minimum atomic E-state index is -3.69. The number of carbonyl (C=O) groups is 1. The first kappa shape index (κ1) is 17.9. The standard InChI is InChI=1S/C19H19NO3S/c1-16(21)7-5-6-14-24(22,23)19(15-20)12-10-18(11-13-19)17-8-3-2-4-9-17/h2-6,8-12H,7,13-14H2,1H3. The smallest absolute Gasteiger partial charge is 0.180 e. The first-order valence-electron chi connectivity index (χ1n) is 7.63. The second kappa shape index (κ2) is 7.41. The van der Waals surface area contributed by atoms with Crippen molar-refractivity contribution >= 4 is 21.2 Å². The largest absolute Gasteiger partial charge is 0.300 e. The SMILES string of the molecule is CC(=O)CC=CCS(=O)(=O)C1(C#N)C=CC(c2ccccc2)=CC1. The summed E-state index contributed by atoms with van der Waals surface area (Å²) < 4.78 is 23.6. The molecule has 0 bridgehead atoms. The number of sulfone groups is 1. The molecule has 0 N–H and O–H groups in total. The van der Waals surface area contributed by atoms with E-state index in [9.17, 15) is 18.5 Å². The molecule has 1 aliphatic rings. The maximum atomic E-state index is 12.6. The number of Topliss-reactive ketones (excluding diaryl/α,β-unsaturated/α-hetero) is 1. The van der Waals surface area contributed by atoms with Gasteiger partial charge in [-0.1, -0.05) is 54.6 Å². The van der Waals surface area contributed by atoms with Crippen LogP contribution in [0.3, 0.4) is 0 Å². The van der Waals surface area contributed by atoms with Crippen LogP contribution in [0.4, 0.5) is 0 Å². The average Bonchev–Trinajstić information content (AvgIpc) is 2.59. The van der Waals surface area contributed by atoms with Crippen molar-refractivity contribution < 1.29 is 13.2 Å². The van der Waals surface area contributed by atoms with Crippen molar-refractivity contribution in [3.63, 3.8) is 0 Å². The maximum absolute atomic E-state index is 12.6. The molecule has 1 atom stereocenters. The molecule has 0 saturated heterocycles. The van der Waals surface area contributed by atoms with Gasteiger partial charge in [0.2, 0.25) is 0 Å². The van der Waals surface area contributed by atoms with Gasteiger partial charge in [0.25, 0.3) is 0 Å². The van der Waals surface area contributed by atoms with Gasteiger partial charge in [0.1, 0.15) is 5.78 Å². The van der Waals surface area contributed by atoms with E-state index >= 15 is 0 Å². The first-order chi connectivity index (χ1) is 11.4. The number of ketones is 1. The molecule has 2 rings (SSSR count). The molecule has 0 radical (unpaired) electrons. The molecule has 1 unspecified atom stereocenters. The van der Waals surface area contributed by atoms with Crippen LogP contribution < -0.4 is 0 Å². The fourth-order valence-corrected chi connectivity index (χ4v) is 3.88. The quantitative estimate of drug-likeness (QED) is 0.744. The molecule has 1 aromatic carbocycles. The molecule has 4 nitrogen and oxygen atoms in total. The Morgan fingerprint density at radius 1 is 1.29 bits per heavy atom. The third-order valence-electron chi connectivity index (χ3n) is 3.90. The average molecular weight is 341 g/mol. The van der Waals surface area contributed by atoms with Gasteiger partial charge in [-0.15, -0.1) is 0 Å². The van der Waals surface area contributed by atoms with Crippen molar-refractivity contribution in [3.05, 3.63) is 66.3 Å². The Bertz CT molecular complexity index is 842. The molecule has 0 saturated carbocycles. The fraction of sp³-hybridized carbons (Fsp3) is 0.263. The van der Waals surface area contributed by atoms with Gasteiger partial charge < -0.3 is 0 Å². The van der Waals surface area contributed by atoms with E-state index in [4.69, 9.17) is 0 Å². The molecule has 0 spiro atoms. The summed E-state index contributed by atoms with van der Waals surface area (Å²) in [6, 6.07) is 11.6. The highest BCUT2D eigenvalue weighted by Crippen LogP contribution is 2.32. The highest BCUT2D eigenvalue weighted by molar-refractivity contribution is 7.93. The molecule has 0 fully saturated rings. The summed E-state index contributed by atoms with van der Waals surface area (Å²) >= 11 is 0. The van der Waals surface area contributed by atoms with Crippen LogP contribution in [-0.2, 0) is 14.6 Å². The number of nitriles is 1. The third kappa shape index (κ3) is 3.90. The monoisotopic (exact) mass is 341 g/mol. The first-order valence-corrected chi connectivity index (χ1v) is 9.28. The van der Waals surface area contributed by atoms with Crippen LogP contribution in [0.15, 0.2) is 60.7 Å². The van der Waals surface area contributed by atoms with E-state index in [1.54, 1.807) is 12.2 Å². The number of nitrogens with zero attached hydrogens (tertiary/aromatic N) is 1. The Kier molecular flexibility index (Phi) is 5.53. The summed E-state index contributed by atoms with van der Waals surface area (Å²) in [6.07, 6.45) is 8.25. The molecule has 0 aromatic heterocycles. The molecule has 5 heteroatoms. The second-order valence-electron chi connectivity index (χ2n) is 5.72. The van der Waals surface area contributed by atoms with Crippen LogP contribution in [0.5, 0.6) is 0 Å². The van der Waals surface area contributed by atoms with Crippen molar-refractivity contribution in [2.24, 2.45) is 0 Å². The molecule has 1 aliphatic carbocycles. The van der Waals surface area contributed by atoms with Gasteiger partial charge in [-0.05, 0) is 24.1 Å². The van der Waals surface area contributed by atoms with Crippen LogP contribution in [0, 0.1) is 11.3 Å². The number of benzene rings is 1. The van der Waals surface area contributed by atoms with E-state index in [1.165, 1.54) is 25.2 Å². The van der Waals surface area contributed by atoms with E-state index in [1.807, 2.05) is 36.4 Å². The molecular formula is C19H19NO3S. The second-order valence-corrected chi connectivity index (χ2v) is 8.01. The Balaban J connectivity index is 2.18. The van der Waals surface area contributed by atoms with Crippen LogP contribution in [0.1, 0.15) is 25.3 Å². The van der Waals surface area contributed by atoms with Crippen LogP contribution >= 0.6 is 0 Å². The summed E-state index contributed by atoms with van der Waals surface area (Å²) in [6.45, 7) is 1.44. The molecule has 24 heavy (non-hydrogen) atoms.